The third-order valence-electron chi connectivity index (χ3n) is 3.44. The van der Waals surface area contributed by atoms with Crippen LogP contribution in [0.4, 0.5) is 5.69 Å². The number of methoxy groups -OCH3 is 1. The maximum absolute atomic E-state index is 10.5. The number of rotatable bonds is 5. The Morgan fingerprint density at radius 3 is 3.05 bits per heavy atom. The molecule has 5 heteroatoms. The lowest BCUT2D eigenvalue weighted by Gasteiger charge is -2.19. The number of aliphatic carboxylic acids is 1. The predicted molar refractivity (Wildman–Crippen MR) is 83.0 cm³/mol. The number of carboxylic acids is 1. The fourth-order valence-corrected chi connectivity index (χ4v) is 2.95. The zero-order valence-corrected chi connectivity index (χ0v) is 13.0. The van der Waals surface area contributed by atoms with Gasteiger partial charge in [0.25, 0.3) is 0 Å². The number of anilines is 1. The molecule has 1 fully saturated rings. The number of ether oxygens (including phenoxy) is 1. The molecule has 1 aromatic carbocycles. The fourth-order valence-electron chi connectivity index (χ4n) is 2.45. The lowest BCUT2D eigenvalue weighted by Crippen LogP contribution is -2.20. The molecule has 0 aromatic heterocycles. The molecule has 1 unspecified atom stereocenters. The van der Waals surface area contributed by atoms with Crippen LogP contribution in [0.15, 0.2) is 28.7 Å². The first-order valence-electron chi connectivity index (χ1n) is 6.54. The minimum Gasteiger partial charge on any atom is -0.478 e. The van der Waals surface area contributed by atoms with Crippen LogP contribution in [0.3, 0.4) is 0 Å². The van der Waals surface area contributed by atoms with Crippen LogP contribution in [-0.2, 0) is 9.53 Å². The number of halogens is 1. The highest BCUT2D eigenvalue weighted by molar-refractivity contribution is 9.10. The molecule has 1 heterocycles. The van der Waals surface area contributed by atoms with Crippen molar-refractivity contribution in [3.8, 4) is 0 Å². The number of hydrogen-bond acceptors (Lipinski definition) is 3. The summed E-state index contributed by atoms with van der Waals surface area (Å²) >= 11 is 3.49. The maximum atomic E-state index is 10.5. The molecule has 0 bridgehead atoms. The summed E-state index contributed by atoms with van der Waals surface area (Å²) in [6.07, 6.45) is 3.88. The maximum Gasteiger partial charge on any atom is 0.328 e. The second kappa shape index (κ2) is 6.90. The van der Waals surface area contributed by atoms with Crippen molar-refractivity contribution >= 4 is 33.7 Å². The van der Waals surface area contributed by atoms with E-state index in [2.05, 4.69) is 20.8 Å². The summed E-state index contributed by atoms with van der Waals surface area (Å²) < 4.78 is 6.11. The normalized spacial score (nSPS) is 18.9. The van der Waals surface area contributed by atoms with Gasteiger partial charge in [-0.2, -0.15) is 0 Å². The Kier molecular flexibility index (Phi) is 5.20. The van der Waals surface area contributed by atoms with Crippen molar-refractivity contribution in [3.63, 3.8) is 0 Å². The van der Waals surface area contributed by atoms with Gasteiger partial charge >= 0.3 is 5.97 Å². The van der Waals surface area contributed by atoms with E-state index in [1.807, 2.05) is 18.2 Å². The van der Waals surface area contributed by atoms with Crippen LogP contribution >= 0.6 is 15.9 Å². The fraction of sp³-hybridized carbons (Fsp3) is 0.400. The van der Waals surface area contributed by atoms with Gasteiger partial charge in [-0.3, -0.25) is 0 Å². The molecule has 20 heavy (non-hydrogen) atoms. The molecular formula is C15H18BrNO3. The average molecular weight is 340 g/mol. The van der Waals surface area contributed by atoms with E-state index in [1.165, 1.54) is 0 Å². The standard InChI is InChI=1S/C15H18BrNO3/c1-20-10-11-6-7-17(9-11)13-4-2-12(14(16)8-13)3-5-15(18)19/h2-5,8,11H,6-7,9-10H2,1H3,(H,18,19)/b5-3+. The molecule has 1 aliphatic heterocycles. The summed E-state index contributed by atoms with van der Waals surface area (Å²) in [5.41, 5.74) is 2.02. The summed E-state index contributed by atoms with van der Waals surface area (Å²) in [7, 11) is 1.74. The minimum atomic E-state index is -0.942. The summed E-state index contributed by atoms with van der Waals surface area (Å²) in [5.74, 6) is -0.353. The number of nitrogens with zero attached hydrogens (tertiary/aromatic N) is 1. The van der Waals surface area contributed by atoms with Crippen molar-refractivity contribution in [1.29, 1.82) is 0 Å². The van der Waals surface area contributed by atoms with E-state index in [0.717, 1.165) is 47.9 Å². The smallest absolute Gasteiger partial charge is 0.328 e. The van der Waals surface area contributed by atoms with Crippen LogP contribution in [0, 0.1) is 5.92 Å². The third-order valence-corrected chi connectivity index (χ3v) is 4.13. The average Bonchev–Trinajstić information content (AvgIpc) is 2.86. The van der Waals surface area contributed by atoms with E-state index in [0.29, 0.717) is 5.92 Å². The van der Waals surface area contributed by atoms with E-state index in [1.54, 1.807) is 13.2 Å². The van der Waals surface area contributed by atoms with E-state index in [-0.39, 0.29) is 0 Å². The van der Waals surface area contributed by atoms with Crippen molar-refractivity contribution < 1.29 is 14.6 Å². The van der Waals surface area contributed by atoms with Crippen LogP contribution in [0.1, 0.15) is 12.0 Å². The van der Waals surface area contributed by atoms with Crippen molar-refractivity contribution in [3.05, 3.63) is 34.3 Å². The van der Waals surface area contributed by atoms with E-state index in [4.69, 9.17) is 9.84 Å². The number of hydrogen-bond donors (Lipinski definition) is 1. The molecule has 0 aliphatic carbocycles. The van der Waals surface area contributed by atoms with E-state index < -0.39 is 5.97 Å². The minimum absolute atomic E-state index is 0.588. The molecule has 0 spiro atoms. The monoisotopic (exact) mass is 339 g/mol. The molecule has 4 nitrogen and oxygen atoms in total. The van der Waals surface area contributed by atoms with Gasteiger partial charge in [0.15, 0.2) is 0 Å². The summed E-state index contributed by atoms with van der Waals surface area (Å²) in [4.78, 5) is 12.9. The van der Waals surface area contributed by atoms with Crippen LogP contribution in [-0.4, -0.2) is 37.9 Å². The zero-order valence-electron chi connectivity index (χ0n) is 11.4. The van der Waals surface area contributed by atoms with E-state index in [9.17, 15) is 4.79 Å². The first-order chi connectivity index (χ1) is 9.60. The van der Waals surface area contributed by atoms with Crippen molar-refractivity contribution in [2.24, 2.45) is 5.92 Å². The van der Waals surface area contributed by atoms with Gasteiger partial charge in [-0.25, -0.2) is 4.79 Å². The van der Waals surface area contributed by atoms with Gasteiger partial charge in [0, 0.05) is 42.4 Å². The molecular weight excluding hydrogens is 322 g/mol. The first-order valence-corrected chi connectivity index (χ1v) is 7.34. The largest absolute Gasteiger partial charge is 0.478 e. The summed E-state index contributed by atoms with van der Waals surface area (Å²) in [6, 6.07) is 6.00. The molecule has 0 saturated carbocycles. The number of carboxylic acid groups (broad SMARTS) is 1. The SMILES string of the molecule is COCC1CCN(c2ccc(/C=C/C(=O)O)c(Br)c2)C1. The third kappa shape index (κ3) is 3.84. The van der Waals surface area contributed by atoms with Gasteiger partial charge in [-0.05, 0) is 30.2 Å². The topological polar surface area (TPSA) is 49.8 Å². The van der Waals surface area contributed by atoms with Gasteiger partial charge < -0.3 is 14.7 Å². The summed E-state index contributed by atoms with van der Waals surface area (Å²) in [6.45, 7) is 2.84. The second-order valence-electron chi connectivity index (χ2n) is 4.93. The molecule has 0 radical (unpaired) electrons. The number of benzene rings is 1. The van der Waals surface area contributed by atoms with Crippen LogP contribution in [0.2, 0.25) is 0 Å². The van der Waals surface area contributed by atoms with E-state index >= 15 is 0 Å². The zero-order chi connectivity index (χ0) is 14.5. The van der Waals surface area contributed by atoms with Gasteiger partial charge in [-0.1, -0.05) is 22.0 Å². The number of carbonyl (C=O) groups is 1. The molecule has 108 valence electrons. The Bertz CT molecular complexity index is 516. The molecule has 1 saturated heterocycles. The van der Waals surface area contributed by atoms with Crippen LogP contribution in [0.25, 0.3) is 6.08 Å². The van der Waals surface area contributed by atoms with Gasteiger partial charge in [0.05, 0.1) is 6.61 Å². The Balaban J connectivity index is 2.08. The molecule has 1 N–H and O–H groups in total. The second-order valence-corrected chi connectivity index (χ2v) is 5.79. The molecule has 1 atom stereocenters. The first kappa shape index (κ1) is 15.1. The quantitative estimate of drug-likeness (QED) is 0.837. The van der Waals surface area contributed by atoms with Crippen molar-refractivity contribution in [1.82, 2.24) is 0 Å². The van der Waals surface area contributed by atoms with Gasteiger partial charge in [0.2, 0.25) is 0 Å². The molecule has 1 aromatic rings. The van der Waals surface area contributed by atoms with Crippen molar-refractivity contribution in [2.45, 2.75) is 6.42 Å². The lowest BCUT2D eigenvalue weighted by molar-refractivity contribution is -0.131. The highest BCUT2D eigenvalue weighted by Crippen LogP contribution is 2.29. The Hall–Kier alpha value is -1.33. The molecule has 2 rings (SSSR count). The highest BCUT2D eigenvalue weighted by Gasteiger charge is 2.22. The van der Waals surface area contributed by atoms with Gasteiger partial charge in [0.1, 0.15) is 0 Å². The Morgan fingerprint density at radius 2 is 2.40 bits per heavy atom. The predicted octanol–water partition coefficient (Wildman–Crippen LogP) is 3.02. The van der Waals surface area contributed by atoms with Crippen molar-refractivity contribution in [2.75, 3.05) is 31.7 Å². The summed E-state index contributed by atoms with van der Waals surface area (Å²) in [5, 5.41) is 8.65. The highest BCUT2D eigenvalue weighted by atomic mass is 79.9. The Morgan fingerprint density at radius 1 is 1.60 bits per heavy atom. The van der Waals surface area contributed by atoms with Gasteiger partial charge in [-0.15, -0.1) is 0 Å². The van der Waals surface area contributed by atoms with Crippen LogP contribution in [0.5, 0.6) is 0 Å². The lowest BCUT2D eigenvalue weighted by atomic mass is 10.1. The Labute approximate surface area is 127 Å². The van der Waals surface area contributed by atoms with Crippen LogP contribution < -0.4 is 4.90 Å². The molecule has 0 amide bonds. The molecule has 1 aliphatic rings.